The molecule has 0 bridgehead atoms. The maximum atomic E-state index is 11.6. The van der Waals surface area contributed by atoms with E-state index in [1.807, 2.05) is 32.3 Å². The second-order valence-electron chi connectivity index (χ2n) is 7.20. The highest BCUT2D eigenvalue weighted by atomic mass is 32.2. The van der Waals surface area contributed by atoms with Crippen molar-refractivity contribution in [1.82, 2.24) is 0 Å². The van der Waals surface area contributed by atoms with E-state index in [0.717, 1.165) is 45.9 Å². The minimum absolute atomic E-state index is 0.0787. The Morgan fingerprint density at radius 1 is 0.862 bits per heavy atom. The Kier molecular flexibility index (Phi) is 4.90. The molecule has 1 aliphatic heterocycles. The van der Waals surface area contributed by atoms with Crippen LogP contribution in [0.1, 0.15) is 16.7 Å². The number of para-hydroxylation sites is 1. The molecule has 5 nitrogen and oxygen atoms in total. The van der Waals surface area contributed by atoms with Crippen molar-refractivity contribution < 1.29 is 13.2 Å². The van der Waals surface area contributed by atoms with Crippen LogP contribution >= 0.6 is 0 Å². The summed E-state index contributed by atoms with van der Waals surface area (Å²) in [4.78, 5) is 2.13. The van der Waals surface area contributed by atoms with Crippen LogP contribution in [0.4, 0.5) is 5.69 Å². The summed E-state index contributed by atoms with van der Waals surface area (Å²) in [7, 11) is 0.274. The molecule has 1 aliphatic rings. The second kappa shape index (κ2) is 7.39. The lowest BCUT2D eigenvalue weighted by molar-refractivity contribution is 0.502. The fraction of sp³-hybridized carbons (Fsp3) is 0.130. The van der Waals surface area contributed by atoms with Gasteiger partial charge in [0.25, 0.3) is 0 Å². The summed E-state index contributed by atoms with van der Waals surface area (Å²) in [5.74, 6) is 1.54. The lowest BCUT2D eigenvalue weighted by atomic mass is 9.92. The van der Waals surface area contributed by atoms with E-state index in [2.05, 4.69) is 35.2 Å². The SMILES string of the molecule is CN(C)c1ccc(C2=C(c3ccc(S(N)(=O)=O)cc3)Oc3ccccc3C2)cc1. The summed E-state index contributed by atoms with van der Waals surface area (Å²) in [6.45, 7) is 0. The molecule has 6 heteroatoms. The van der Waals surface area contributed by atoms with Gasteiger partial charge in [0.2, 0.25) is 10.0 Å². The summed E-state index contributed by atoms with van der Waals surface area (Å²) in [5.41, 5.74) is 5.15. The minimum Gasteiger partial charge on any atom is -0.456 e. The van der Waals surface area contributed by atoms with E-state index < -0.39 is 10.0 Å². The van der Waals surface area contributed by atoms with Gasteiger partial charge in [0.05, 0.1) is 4.90 Å². The first-order valence-electron chi connectivity index (χ1n) is 9.23. The molecule has 0 unspecified atom stereocenters. The molecule has 1 heterocycles. The molecular formula is C23H22N2O3S. The zero-order valence-electron chi connectivity index (χ0n) is 16.3. The first-order valence-corrected chi connectivity index (χ1v) is 10.8. The van der Waals surface area contributed by atoms with Gasteiger partial charge >= 0.3 is 0 Å². The molecule has 2 N–H and O–H groups in total. The van der Waals surface area contributed by atoms with Gasteiger partial charge in [0.15, 0.2) is 0 Å². The Hall–Kier alpha value is -3.09. The van der Waals surface area contributed by atoms with Crippen LogP contribution < -0.4 is 14.8 Å². The van der Waals surface area contributed by atoms with Crippen molar-refractivity contribution in [3.05, 3.63) is 89.5 Å². The summed E-state index contributed by atoms with van der Waals surface area (Å²) in [6.07, 6.45) is 0.726. The van der Waals surface area contributed by atoms with Gasteiger partial charge in [-0.05, 0) is 53.6 Å². The molecule has 0 aliphatic carbocycles. The maximum Gasteiger partial charge on any atom is 0.238 e. The van der Waals surface area contributed by atoms with Gasteiger partial charge < -0.3 is 9.64 Å². The Morgan fingerprint density at radius 2 is 1.48 bits per heavy atom. The first-order chi connectivity index (χ1) is 13.8. The van der Waals surface area contributed by atoms with Crippen molar-refractivity contribution in [1.29, 1.82) is 0 Å². The average molecular weight is 407 g/mol. The first kappa shape index (κ1) is 19.2. The Morgan fingerprint density at radius 3 is 2.10 bits per heavy atom. The van der Waals surface area contributed by atoms with Crippen molar-refractivity contribution in [2.24, 2.45) is 5.14 Å². The number of hydrogen-bond donors (Lipinski definition) is 1. The third-order valence-electron chi connectivity index (χ3n) is 5.00. The number of rotatable bonds is 4. The molecule has 0 amide bonds. The highest BCUT2D eigenvalue weighted by molar-refractivity contribution is 7.89. The molecule has 29 heavy (non-hydrogen) atoms. The van der Waals surface area contributed by atoms with E-state index in [-0.39, 0.29) is 4.90 Å². The zero-order chi connectivity index (χ0) is 20.6. The van der Waals surface area contributed by atoms with Crippen LogP contribution in [0.2, 0.25) is 0 Å². The highest BCUT2D eigenvalue weighted by Gasteiger charge is 2.22. The predicted octanol–water partition coefficient (Wildman–Crippen LogP) is 3.90. The molecule has 3 aromatic carbocycles. The number of nitrogens with zero attached hydrogens (tertiary/aromatic N) is 1. The number of anilines is 1. The minimum atomic E-state index is -3.74. The van der Waals surface area contributed by atoms with Crippen LogP contribution in [0.15, 0.2) is 77.7 Å². The topological polar surface area (TPSA) is 72.6 Å². The van der Waals surface area contributed by atoms with Gasteiger partial charge in [0, 0.05) is 37.3 Å². The average Bonchev–Trinajstić information content (AvgIpc) is 2.72. The smallest absolute Gasteiger partial charge is 0.238 e. The quantitative estimate of drug-likeness (QED) is 0.713. The Bertz CT molecular complexity index is 1180. The van der Waals surface area contributed by atoms with Crippen molar-refractivity contribution in [3.63, 3.8) is 0 Å². The third-order valence-corrected chi connectivity index (χ3v) is 5.93. The third kappa shape index (κ3) is 3.90. The zero-order valence-corrected chi connectivity index (χ0v) is 17.1. The summed E-state index contributed by atoms with van der Waals surface area (Å²) < 4.78 is 29.5. The summed E-state index contributed by atoms with van der Waals surface area (Å²) in [5, 5.41) is 5.23. The van der Waals surface area contributed by atoms with Crippen LogP contribution in [0, 0.1) is 0 Å². The normalized spacial score (nSPS) is 13.6. The number of primary sulfonamides is 1. The van der Waals surface area contributed by atoms with Crippen LogP contribution in [-0.2, 0) is 16.4 Å². The standard InChI is InChI=1S/C23H22N2O3S/c1-25(2)19-11-7-16(8-12-19)21-15-18-5-3-4-6-22(18)28-23(21)17-9-13-20(14-10-17)29(24,26)27/h3-14H,15H2,1-2H3,(H2,24,26,27). The number of sulfonamides is 1. The van der Waals surface area contributed by atoms with E-state index in [1.165, 1.54) is 12.1 Å². The van der Waals surface area contributed by atoms with Crippen molar-refractivity contribution >= 4 is 27.0 Å². The number of hydrogen-bond acceptors (Lipinski definition) is 4. The van der Waals surface area contributed by atoms with Crippen LogP contribution in [-0.4, -0.2) is 22.5 Å². The van der Waals surface area contributed by atoms with Gasteiger partial charge in [-0.3, -0.25) is 0 Å². The number of nitrogens with two attached hydrogens (primary N) is 1. The van der Waals surface area contributed by atoms with Gasteiger partial charge in [-0.15, -0.1) is 0 Å². The number of allylic oxidation sites excluding steroid dienone is 1. The second-order valence-corrected chi connectivity index (χ2v) is 8.77. The van der Waals surface area contributed by atoms with Crippen LogP contribution in [0.25, 0.3) is 11.3 Å². The molecule has 0 atom stereocenters. The number of benzene rings is 3. The maximum absolute atomic E-state index is 11.6. The Labute approximate surface area is 171 Å². The molecule has 0 aromatic heterocycles. The molecule has 0 spiro atoms. The van der Waals surface area contributed by atoms with E-state index >= 15 is 0 Å². The molecule has 3 aromatic rings. The van der Waals surface area contributed by atoms with Crippen LogP contribution in [0.5, 0.6) is 5.75 Å². The largest absolute Gasteiger partial charge is 0.456 e. The predicted molar refractivity (Wildman–Crippen MR) is 116 cm³/mol. The van der Waals surface area contributed by atoms with Crippen molar-refractivity contribution in [2.75, 3.05) is 19.0 Å². The monoisotopic (exact) mass is 406 g/mol. The van der Waals surface area contributed by atoms with E-state index in [1.54, 1.807) is 12.1 Å². The van der Waals surface area contributed by atoms with Gasteiger partial charge in [-0.1, -0.05) is 30.3 Å². The lowest BCUT2D eigenvalue weighted by Gasteiger charge is -2.24. The van der Waals surface area contributed by atoms with E-state index in [9.17, 15) is 8.42 Å². The highest BCUT2D eigenvalue weighted by Crippen LogP contribution is 2.39. The molecular weight excluding hydrogens is 384 g/mol. The molecule has 148 valence electrons. The number of ether oxygens (including phenoxy) is 1. The van der Waals surface area contributed by atoms with Crippen LogP contribution in [0.3, 0.4) is 0 Å². The van der Waals surface area contributed by atoms with Gasteiger partial charge in [-0.2, -0.15) is 0 Å². The van der Waals surface area contributed by atoms with E-state index in [0.29, 0.717) is 0 Å². The van der Waals surface area contributed by atoms with Crippen molar-refractivity contribution in [2.45, 2.75) is 11.3 Å². The van der Waals surface area contributed by atoms with Gasteiger partial charge in [-0.25, -0.2) is 13.6 Å². The summed E-state index contributed by atoms with van der Waals surface area (Å²) >= 11 is 0. The van der Waals surface area contributed by atoms with E-state index in [4.69, 9.17) is 9.88 Å². The molecule has 0 fully saturated rings. The molecule has 0 saturated heterocycles. The molecule has 0 saturated carbocycles. The van der Waals surface area contributed by atoms with Gasteiger partial charge in [0.1, 0.15) is 11.5 Å². The Balaban J connectivity index is 1.82. The fourth-order valence-corrected chi connectivity index (χ4v) is 3.93. The number of fused-ring (bicyclic) bond motifs is 1. The fourth-order valence-electron chi connectivity index (χ4n) is 3.41. The lowest BCUT2D eigenvalue weighted by Crippen LogP contribution is -2.13. The molecule has 0 radical (unpaired) electrons. The molecule has 4 rings (SSSR count). The van der Waals surface area contributed by atoms with Crippen molar-refractivity contribution in [3.8, 4) is 5.75 Å². The summed E-state index contributed by atoms with van der Waals surface area (Å²) in [6, 6.07) is 22.7.